The SMILES string of the molecule is CC1(C)c2ccccc2-c2ccc(N(c3ccc(-c4ccc(-c5c(-c6ccccc6)c6ccccc6c6sc7ccccc7c56)cc4)cc3)c3ccc4c(c3)C(C)(C)c3ccccc3-4)cc21. The van der Waals surface area contributed by atoms with Crippen molar-refractivity contribution in [1.82, 2.24) is 0 Å². The molecule has 13 rings (SSSR count). The van der Waals surface area contributed by atoms with Gasteiger partial charge in [0, 0.05) is 53.5 Å². The van der Waals surface area contributed by atoms with Crippen molar-refractivity contribution in [2.24, 2.45) is 0 Å². The molecular weight excluding hydrogens is 815 g/mol. The van der Waals surface area contributed by atoms with E-state index in [2.05, 4.69) is 245 Å². The van der Waals surface area contributed by atoms with Gasteiger partial charge in [-0.15, -0.1) is 11.3 Å². The molecular formula is C64H47NS. The Labute approximate surface area is 390 Å². The normalized spacial score (nSPS) is 14.0. The molecule has 0 radical (unpaired) electrons. The summed E-state index contributed by atoms with van der Waals surface area (Å²) in [5.74, 6) is 0. The number of anilines is 3. The Bertz CT molecular complexity index is 3630. The summed E-state index contributed by atoms with van der Waals surface area (Å²) in [4.78, 5) is 2.47. The van der Waals surface area contributed by atoms with Crippen molar-refractivity contribution in [2.75, 3.05) is 4.90 Å². The Morgan fingerprint density at radius 3 is 1.38 bits per heavy atom. The van der Waals surface area contributed by atoms with Gasteiger partial charge in [-0.05, 0) is 126 Å². The van der Waals surface area contributed by atoms with Crippen LogP contribution in [0.15, 0.2) is 212 Å². The molecule has 0 bridgehead atoms. The van der Waals surface area contributed by atoms with Crippen LogP contribution in [0, 0.1) is 0 Å². The number of rotatable bonds is 6. The Kier molecular flexibility index (Phi) is 8.54. The van der Waals surface area contributed by atoms with Crippen LogP contribution in [0.25, 0.3) is 86.6 Å². The lowest BCUT2D eigenvalue weighted by Gasteiger charge is -2.30. The number of fused-ring (bicyclic) bond motifs is 11. The van der Waals surface area contributed by atoms with E-state index in [9.17, 15) is 0 Å². The number of nitrogens with zero attached hydrogens (tertiary/aromatic N) is 1. The topological polar surface area (TPSA) is 3.24 Å². The summed E-state index contributed by atoms with van der Waals surface area (Å²) in [5, 5.41) is 5.25. The first-order chi connectivity index (χ1) is 32.3. The first-order valence-corrected chi connectivity index (χ1v) is 24.0. The fourth-order valence-corrected chi connectivity index (χ4v) is 12.8. The van der Waals surface area contributed by atoms with Gasteiger partial charge in [0.1, 0.15) is 0 Å². The molecule has 1 nitrogen and oxygen atoms in total. The molecule has 10 aromatic carbocycles. The zero-order valence-electron chi connectivity index (χ0n) is 37.6. The highest BCUT2D eigenvalue weighted by molar-refractivity contribution is 7.26. The maximum absolute atomic E-state index is 2.47. The summed E-state index contributed by atoms with van der Waals surface area (Å²) in [5.41, 5.74) is 21.5. The first kappa shape index (κ1) is 38.9. The minimum atomic E-state index is -0.109. The van der Waals surface area contributed by atoms with Crippen LogP contribution in [0.2, 0.25) is 0 Å². The minimum absolute atomic E-state index is 0.109. The number of hydrogen-bond acceptors (Lipinski definition) is 2. The molecule has 1 heterocycles. The van der Waals surface area contributed by atoms with Gasteiger partial charge in [-0.1, -0.05) is 198 Å². The third-order valence-electron chi connectivity index (χ3n) is 14.9. The Morgan fingerprint density at radius 1 is 0.333 bits per heavy atom. The van der Waals surface area contributed by atoms with Crippen LogP contribution in [0.3, 0.4) is 0 Å². The second-order valence-electron chi connectivity index (χ2n) is 19.2. The Balaban J connectivity index is 0.929. The van der Waals surface area contributed by atoms with E-state index in [4.69, 9.17) is 0 Å². The average molecular weight is 862 g/mol. The second kappa shape index (κ2) is 14.5. The highest BCUT2D eigenvalue weighted by Crippen LogP contribution is 2.54. The molecule has 0 N–H and O–H groups in total. The molecule has 0 amide bonds. The van der Waals surface area contributed by atoms with Crippen molar-refractivity contribution in [3.8, 4) is 55.6 Å². The third-order valence-corrected chi connectivity index (χ3v) is 16.1. The summed E-state index contributed by atoms with van der Waals surface area (Å²) in [6.07, 6.45) is 0. The fourth-order valence-electron chi connectivity index (χ4n) is 11.6. The molecule has 1 aromatic heterocycles. The van der Waals surface area contributed by atoms with Crippen LogP contribution in [-0.4, -0.2) is 0 Å². The quantitative estimate of drug-likeness (QED) is 0.161. The van der Waals surface area contributed by atoms with Crippen molar-refractivity contribution in [2.45, 2.75) is 38.5 Å². The number of benzene rings is 10. The van der Waals surface area contributed by atoms with Crippen LogP contribution in [0.5, 0.6) is 0 Å². The van der Waals surface area contributed by atoms with Gasteiger partial charge in [0.25, 0.3) is 0 Å². The van der Waals surface area contributed by atoms with E-state index >= 15 is 0 Å². The van der Waals surface area contributed by atoms with Gasteiger partial charge in [0.2, 0.25) is 0 Å². The zero-order chi connectivity index (χ0) is 44.3. The first-order valence-electron chi connectivity index (χ1n) is 23.2. The Hall–Kier alpha value is -7.52. The standard InChI is InChI=1S/C64H47NS/c1-63(2)54-23-13-10-18-47(54)49-36-34-45(38-56(49)63)65(46-35-37-50-48-19-11-14-24-55(48)64(3,4)57(50)39-46)44-32-30-41(31-33-44)40-26-28-43(29-27-40)60-59(42-16-6-5-7-17-42)51-20-8-9-21-52(51)62-61(60)53-22-12-15-25-58(53)66-62/h5-39H,1-4H3. The van der Waals surface area contributed by atoms with E-state index in [1.807, 2.05) is 11.3 Å². The lowest BCUT2D eigenvalue weighted by Crippen LogP contribution is -2.18. The molecule has 0 saturated heterocycles. The smallest absolute Gasteiger partial charge is 0.0465 e. The van der Waals surface area contributed by atoms with E-state index in [1.54, 1.807) is 0 Å². The van der Waals surface area contributed by atoms with E-state index in [-0.39, 0.29) is 10.8 Å². The molecule has 314 valence electrons. The lowest BCUT2D eigenvalue weighted by molar-refractivity contribution is 0.660. The maximum Gasteiger partial charge on any atom is 0.0465 e. The monoisotopic (exact) mass is 861 g/mol. The van der Waals surface area contributed by atoms with E-state index in [0.717, 1.165) is 17.1 Å². The van der Waals surface area contributed by atoms with Crippen molar-refractivity contribution in [1.29, 1.82) is 0 Å². The maximum atomic E-state index is 2.47. The summed E-state index contributed by atoms with van der Waals surface area (Å²) < 4.78 is 2.66. The van der Waals surface area contributed by atoms with Gasteiger partial charge >= 0.3 is 0 Å². The van der Waals surface area contributed by atoms with Gasteiger partial charge < -0.3 is 4.90 Å². The third kappa shape index (κ3) is 5.71. The lowest BCUT2D eigenvalue weighted by atomic mass is 9.82. The predicted octanol–water partition coefficient (Wildman–Crippen LogP) is 18.3. The van der Waals surface area contributed by atoms with E-state index in [1.165, 1.54) is 109 Å². The van der Waals surface area contributed by atoms with Gasteiger partial charge in [-0.2, -0.15) is 0 Å². The van der Waals surface area contributed by atoms with Crippen LogP contribution in [-0.2, 0) is 10.8 Å². The molecule has 2 aliphatic carbocycles. The largest absolute Gasteiger partial charge is 0.310 e. The average Bonchev–Trinajstić information content (AvgIpc) is 3.94. The molecule has 2 aliphatic rings. The van der Waals surface area contributed by atoms with Crippen LogP contribution in [0.4, 0.5) is 17.1 Å². The second-order valence-corrected chi connectivity index (χ2v) is 20.3. The molecule has 11 aromatic rings. The molecule has 0 aliphatic heterocycles. The predicted molar refractivity (Wildman–Crippen MR) is 283 cm³/mol. The highest BCUT2D eigenvalue weighted by atomic mass is 32.1. The molecule has 66 heavy (non-hydrogen) atoms. The van der Waals surface area contributed by atoms with Crippen LogP contribution in [0.1, 0.15) is 49.9 Å². The summed E-state index contributed by atoms with van der Waals surface area (Å²) in [6.45, 7) is 9.48. The van der Waals surface area contributed by atoms with Crippen molar-refractivity contribution < 1.29 is 0 Å². The fraction of sp³-hybridized carbons (Fsp3) is 0.0938. The molecule has 2 heteroatoms. The summed E-state index contributed by atoms with van der Waals surface area (Å²) >= 11 is 1.91. The van der Waals surface area contributed by atoms with Crippen LogP contribution < -0.4 is 4.90 Å². The zero-order valence-corrected chi connectivity index (χ0v) is 38.4. The van der Waals surface area contributed by atoms with Crippen molar-refractivity contribution in [3.05, 3.63) is 235 Å². The van der Waals surface area contributed by atoms with E-state index in [0.29, 0.717) is 0 Å². The molecule has 0 fully saturated rings. The molecule has 0 spiro atoms. The van der Waals surface area contributed by atoms with Crippen molar-refractivity contribution >= 4 is 59.3 Å². The highest BCUT2D eigenvalue weighted by Gasteiger charge is 2.38. The van der Waals surface area contributed by atoms with Gasteiger partial charge in [0.05, 0.1) is 0 Å². The van der Waals surface area contributed by atoms with Gasteiger partial charge in [0.15, 0.2) is 0 Å². The molecule has 0 unspecified atom stereocenters. The van der Waals surface area contributed by atoms with Crippen molar-refractivity contribution in [3.63, 3.8) is 0 Å². The molecule has 0 atom stereocenters. The summed E-state index contributed by atoms with van der Waals surface area (Å²) in [6, 6.07) is 79.4. The summed E-state index contributed by atoms with van der Waals surface area (Å²) in [7, 11) is 0. The number of thiophene rings is 1. The Morgan fingerprint density at radius 2 is 0.773 bits per heavy atom. The minimum Gasteiger partial charge on any atom is -0.310 e. The molecule has 0 saturated carbocycles. The van der Waals surface area contributed by atoms with Gasteiger partial charge in [-0.25, -0.2) is 0 Å². The number of hydrogen-bond donors (Lipinski definition) is 0. The van der Waals surface area contributed by atoms with E-state index < -0.39 is 0 Å². The van der Waals surface area contributed by atoms with Gasteiger partial charge in [-0.3, -0.25) is 0 Å². The van der Waals surface area contributed by atoms with Crippen LogP contribution >= 0.6 is 11.3 Å².